The number of rotatable bonds is 7. The van der Waals surface area contributed by atoms with E-state index >= 15 is 0 Å². The van der Waals surface area contributed by atoms with E-state index in [1.54, 1.807) is 6.92 Å². The Morgan fingerprint density at radius 2 is 1.88 bits per heavy atom. The first-order valence-corrected chi connectivity index (χ1v) is 11.0. The van der Waals surface area contributed by atoms with E-state index in [0.717, 1.165) is 21.3 Å². The Morgan fingerprint density at radius 1 is 1.18 bits per heavy atom. The molecule has 0 saturated carbocycles. The number of ether oxygens (including phenoxy) is 1. The number of anilines is 1. The van der Waals surface area contributed by atoms with Crippen molar-refractivity contribution in [3.63, 3.8) is 0 Å². The van der Waals surface area contributed by atoms with Crippen LogP contribution in [0.1, 0.15) is 23.0 Å². The van der Waals surface area contributed by atoms with Gasteiger partial charge in [-0.25, -0.2) is 17.4 Å². The molecule has 3 rings (SSSR count). The van der Waals surface area contributed by atoms with Gasteiger partial charge >= 0.3 is 6.18 Å². The van der Waals surface area contributed by atoms with Gasteiger partial charge in [0, 0.05) is 19.8 Å². The minimum atomic E-state index is -4.62. The molecule has 3 aromatic rings. The van der Waals surface area contributed by atoms with Crippen LogP contribution in [0.2, 0.25) is 0 Å². The lowest BCUT2D eigenvalue weighted by Crippen LogP contribution is -2.23. The highest BCUT2D eigenvalue weighted by Gasteiger charge is 2.34. The number of hydrogen-bond acceptors (Lipinski definition) is 6. The van der Waals surface area contributed by atoms with E-state index in [9.17, 15) is 26.4 Å². The summed E-state index contributed by atoms with van der Waals surface area (Å²) in [4.78, 5) is 12.4. The van der Waals surface area contributed by atoms with Crippen molar-refractivity contribution in [2.24, 2.45) is 0 Å². The predicted molar refractivity (Wildman–Crippen MR) is 113 cm³/mol. The van der Waals surface area contributed by atoms with Crippen LogP contribution in [0.15, 0.2) is 53.6 Å². The Balaban J connectivity index is 1.90. The second-order valence-corrected chi connectivity index (χ2v) is 9.02. The fourth-order valence-corrected chi connectivity index (χ4v) is 3.90. The smallest absolute Gasteiger partial charge is 0.418 e. The molecule has 1 N–H and O–H groups in total. The minimum absolute atomic E-state index is 0.110. The summed E-state index contributed by atoms with van der Waals surface area (Å²) >= 11 is 0. The van der Waals surface area contributed by atoms with Gasteiger partial charge in [0.1, 0.15) is 10.6 Å². The van der Waals surface area contributed by atoms with Gasteiger partial charge in [-0.15, -0.1) is 5.10 Å². The monoisotopic (exact) mass is 483 g/mol. The van der Waals surface area contributed by atoms with Crippen LogP contribution in [0.4, 0.5) is 18.9 Å². The van der Waals surface area contributed by atoms with Crippen molar-refractivity contribution >= 4 is 21.6 Å². The van der Waals surface area contributed by atoms with Gasteiger partial charge in [-0.2, -0.15) is 13.2 Å². The van der Waals surface area contributed by atoms with Crippen LogP contribution in [-0.2, 0) is 16.2 Å². The predicted octanol–water partition coefficient (Wildman–Crippen LogP) is 3.19. The van der Waals surface area contributed by atoms with E-state index < -0.39 is 27.7 Å². The summed E-state index contributed by atoms with van der Waals surface area (Å²) in [6.45, 7) is 1.92. The van der Waals surface area contributed by atoms with Gasteiger partial charge in [-0.3, -0.25) is 4.79 Å². The zero-order valence-electron chi connectivity index (χ0n) is 17.8. The Bertz CT molecular complexity index is 1270. The highest BCUT2D eigenvalue weighted by atomic mass is 32.2. The molecular formula is C20H20F3N5O4S. The molecule has 0 saturated heterocycles. The van der Waals surface area contributed by atoms with Gasteiger partial charge < -0.3 is 10.1 Å². The number of amides is 1. The summed E-state index contributed by atoms with van der Waals surface area (Å²) in [6.07, 6.45) is -3.58. The van der Waals surface area contributed by atoms with E-state index in [-0.39, 0.29) is 34.3 Å². The molecule has 0 fully saturated rings. The summed E-state index contributed by atoms with van der Waals surface area (Å²) in [5, 5.41) is 9.74. The number of halogens is 3. The summed E-state index contributed by atoms with van der Waals surface area (Å²) in [5.41, 5.74) is -1.38. The van der Waals surface area contributed by atoms with Crippen molar-refractivity contribution in [2.75, 3.05) is 26.0 Å². The molecule has 0 atom stereocenters. The summed E-state index contributed by atoms with van der Waals surface area (Å²) in [5.74, 6) is -0.679. The molecule has 0 unspecified atom stereocenters. The molecule has 2 aromatic carbocycles. The molecule has 0 aliphatic carbocycles. The molecule has 0 radical (unpaired) electrons. The Hall–Kier alpha value is -3.45. The molecule has 1 amide bonds. The van der Waals surface area contributed by atoms with Crippen molar-refractivity contribution in [1.82, 2.24) is 19.3 Å². The van der Waals surface area contributed by atoms with Crippen LogP contribution in [0.3, 0.4) is 0 Å². The average Bonchev–Trinajstić information content (AvgIpc) is 3.24. The zero-order chi connectivity index (χ0) is 24.4. The number of nitrogens with zero attached hydrogens (tertiary/aromatic N) is 4. The number of para-hydroxylation sites is 1. The third-order valence-corrected chi connectivity index (χ3v) is 6.28. The van der Waals surface area contributed by atoms with Crippen LogP contribution >= 0.6 is 0 Å². The van der Waals surface area contributed by atoms with Gasteiger partial charge in [-0.05, 0) is 37.3 Å². The lowest BCUT2D eigenvalue weighted by molar-refractivity contribution is -0.137. The fraction of sp³-hybridized carbons (Fsp3) is 0.250. The molecule has 0 aliphatic rings. The second-order valence-electron chi connectivity index (χ2n) is 6.90. The number of sulfonamides is 1. The normalized spacial score (nSPS) is 12.1. The van der Waals surface area contributed by atoms with Crippen molar-refractivity contribution < 1.29 is 31.1 Å². The first-order chi connectivity index (χ1) is 15.4. The van der Waals surface area contributed by atoms with Gasteiger partial charge in [0.05, 0.1) is 24.1 Å². The number of aromatic nitrogens is 3. The fourth-order valence-electron chi connectivity index (χ4n) is 2.85. The summed E-state index contributed by atoms with van der Waals surface area (Å²) in [7, 11) is -1.18. The number of alkyl halides is 3. The van der Waals surface area contributed by atoms with Gasteiger partial charge in [0.15, 0.2) is 5.69 Å². The maximum atomic E-state index is 13.3. The molecule has 13 heteroatoms. The molecular weight excluding hydrogens is 463 g/mol. The standard InChI is InChI=1S/C20H20F3N5O4S/c1-4-32-17-10-9-13(11-18(17)33(30,31)27(2)3)24-19(29)15-12-28(26-25-15)16-8-6-5-7-14(16)20(21,22)23/h5-12H,4H2,1-3H3,(H,24,29). The van der Waals surface area contributed by atoms with Crippen molar-refractivity contribution in [1.29, 1.82) is 0 Å². The average molecular weight is 483 g/mol. The van der Waals surface area contributed by atoms with E-state index in [0.29, 0.717) is 0 Å². The van der Waals surface area contributed by atoms with E-state index in [1.165, 1.54) is 50.5 Å². The summed E-state index contributed by atoms with van der Waals surface area (Å²) < 4.78 is 72.3. The third kappa shape index (κ3) is 5.14. The number of hydrogen-bond donors (Lipinski definition) is 1. The molecule has 1 aromatic heterocycles. The van der Waals surface area contributed by atoms with Crippen LogP contribution in [0.5, 0.6) is 5.75 Å². The summed E-state index contributed by atoms with van der Waals surface area (Å²) in [6, 6.07) is 8.78. The highest BCUT2D eigenvalue weighted by molar-refractivity contribution is 7.89. The number of carbonyl (C=O) groups is 1. The number of nitrogens with one attached hydrogen (secondary N) is 1. The van der Waals surface area contributed by atoms with Crippen LogP contribution < -0.4 is 10.1 Å². The maximum absolute atomic E-state index is 13.3. The topological polar surface area (TPSA) is 106 Å². The third-order valence-electron chi connectivity index (χ3n) is 4.44. The minimum Gasteiger partial charge on any atom is -0.492 e. The quantitative estimate of drug-likeness (QED) is 0.553. The van der Waals surface area contributed by atoms with Gasteiger partial charge in [0.2, 0.25) is 10.0 Å². The van der Waals surface area contributed by atoms with Gasteiger partial charge in [0.25, 0.3) is 5.91 Å². The first kappa shape index (κ1) is 24.2. The molecule has 9 nitrogen and oxygen atoms in total. The van der Waals surface area contributed by atoms with E-state index in [1.807, 2.05) is 0 Å². The Labute approximate surface area is 187 Å². The Morgan fingerprint density at radius 3 is 2.52 bits per heavy atom. The highest BCUT2D eigenvalue weighted by Crippen LogP contribution is 2.33. The second kappa shape index (κ2) is 9.19. The largest absolute Gasteiger partial charge is 0.492 e. The molecule has 0 spiro atoms. The van der Waals surface area contributed by atoms with Crippen molar-refractivity contribution in [3.05, 3.63) is 59.9 Å². The van der Waals surface area contributed by atoms with Crippen LogP contribution in [0, 0.1) is 0 Å². The molecule has 176 valence electrons. The van der Waals surface area contributed by atoms with Gasteiger partial charge in [-0.1, -0.05) is 17.3 Å². The van der Waals surface area contributed by atoms with Crippen LogP contribution in [-0.4, -0.2) is 54.3 Å². The van der Waals surface area contributed by atoms with Crippen LogP contribution in [0.25, 0.3) is 5.69 Å². The van der Waals surface area contributed by atoms with Crippen molar-refractivity contribution in [2.45, 2.75) is 18.0 Å². The van der Waals surface area contributed by atoms with Crippen molar-refractivity contribution in [3.8, 4) is 11.4 Å². The molecule has 0 aliphatic heterocycles. The lowest BCUT2D eigenvalue weighted by Gasteiger charge is -2.16. The van der Waals surface area contributed by atoms with E-state index in [2.05, 4.69) is 15.6 Å². The first-order valence-electron chi connectivity index (χ1n) is 9.54. The maximum Gasteiger partial charge on any atom is 0.418 e. The molecule has 1 heterocycles. The van der Waals surface area contributed by atoms with E-state index in [4.69, 9.17) is 4.74 Å². The zero-order valence-corrected chi connectivity index (χ0v) is 18.6. The lowest BCUT2D eigenvalue weighted by atomic mass is 10.1. The SMILES string of the molecule is CCOc1ccc(NC(=O)c2cn(-c3ccccc3C(F)(F)F)nn2)cc1S(=O)(=O)N(C)C. The number of carbonyl (C=O) groups excluding carboxylic acids is 1. The Kier molecular flexibility index (Phi) is 6.74. The molecule has 33 heavy (non-hydrogen) atoms. The molecule has 0 bridgehead atoms. The number of benzene rings is 2.